The topological polar surface area (TPSA) is 36.9 Å². The molecule has 0 radical (unpaired) electrons. The molecule has 1 fully saturated rings. The Hall–Kier alpha value is -2.85. The van der Waals surface area contributed by atoms with Crippen LogP contribution in [0.2, 0.25) is 0 Å². The van der Waals surface area contributed by atoms with Crippen molar-refractivity contribution in [2.75, 3.05) is 13.1 Å². The monoisotopic (exact) mass is 369 g/mol. The van der Waals surface area contributed by atoms with Crippen molar-refractivity contribution in [1.82, 2.24) is 10.3 Å². The molecule has 1 atom stereocenters. The standard InChI is InChI=1S/C24H23N3O/c1-2-8-18-17(6-1)7-5-10-19(18)21-16-22-20-9-3-4-11-23(20)28-24(27(22)26-21)12-14-25-15-13-24/h1-11,22,25H,12-16H2. The van der Waals surface area contributed by atoms with Crippen molar-refractivity contribution in [2.24, 2.45) is 5.10 Å². The van der Waals surface area contributed by atoms with Crippen LogP contribution in [0, 0.1) is 0 Å². The largest absolute Gasteiger partial charge is 0.466 e. The summed E-state index contributed by atoms with van der Waals surface area (Å²) in [5.74, 6) is 1.03. The van der Waals surface area contributed by atoms with E-state index in [2.05, 4.69) is 77.1 Å². The first-order chi connectivity index (χ1) is 13.8. The van der Waals surface area contributed by atoms with Crippen LogP contribution in [-0.4, -0.2) is 29.5 Å². The zero-order valence-corrected chi connectivity index (χ0v) is 15.8. The van der Waals surface area contributed by atoms with Gasteiger partial charge in [-0.1, -0.05) is 60.7 Å². The van der Waals surface area contributed by atoms with Crippen LogP contribution < -0.4 is 10.1 Å². The molecule has 3 aromatic carbocycles. The van der Waals surface area contributed by atoms with E-state index in [9.17, 15) is 0 Å². The fraction of sp³-hybridized carbons (Fsp3) is 0.292. The smallest absolute Gasteiger partial charge is 0.200 e. The molecule has 0 amide bonds. The van der Waals surface area contributed by atoms with Gasteiger partial charge >= 0.3 is 0 Å². The van der Waals surface area contributed by atoms with Crippen molar-refractivity contribution in [2.45, 2.75) is 31.0 Å². The molecular weight excluding hydrogens is 346 g/mol. The highest BCUT2D eigenvalue weighted by Gasteiger charge is 2.50. The molecule has 4 nitrogen and oxygen atoms in total. The van der Waals surface area contributed by atoms with E-state index in [1.807, 2.05) is 0 Å². The quantitative estimate of drug-likeness (QED) is 0.688. The minimum atomic E-state index is -0.337. The lowest BCUT2D eigenvalue weighted by molar-refractivity contribution is -0.136. The van der Waals surface area contributed by atoms with Crippen molar-refractivity contribution in [1.29, 1.82) is 0 Å². The number of hydrogen-bond acceptors (Lipinski definition) is 4. The molecule has 0 saturated carbocycles. The third-order valence-electron chi connectivity index (χ3n) is 6.39. The van der Waals surface area contributed by atoms with Crippen LogP contribution in [0.3, 0.4) is 0 Å². The molecule has 1 N–H and O–H groups in total. The second kappa shape index (κ2) is 6.08. The number of fused-ring (bicyclic) bond motifs is 5. The molecule has 1 saturated heterocycles. The predicted molar refractivity (Wildman–Crippen MR) is 112 cm³/mol. The summed E-state index contributed by atoms with van der Waals surface area (Å²) in [6.07, 6.45) is 2.82. The average molecular weight is 369 g/mol. The van der Waals surface area contributed by atoms with Crippen molar-refractivity contribution in [3.05, 3.63) is 77.9 Å². The Morgan fingerprint density at radius 3 is 2.64 bits per heavy atom. The third kappa shape index (κ3) is 2.31. The summed E-state index contributed by atoms with van der Waals surface area (Å²) in [7, 11) is 0. The first-order valence-electron chi connectivity index (χ1n) is 10.2. The molecular formula is C24H23N3O. The summed E-state index contributed by atoms with van der Waals surface area (Å²) in [6.45, 7) is 1.93. The van der Waals surface area contributed by atoms with Crippen molar-refractivity contribution < 1.29 is 4.74 Å². The van der Waals surface area contributed by atoms with Gasteiger partial charge in [0.25, 0.3) is 0 Å². The van der Waals surface area contributed by atoms with E-state index in [0.29, 0.717) is 0 Å². The van der Waals surface area contributed by atoms with Crippen LogP contribution in [-0.2, 0) is 0 Å². The maximum absolute atomic E-state index is 6.62. The first-order valence-corrected chi connectivity index (χ1v) is 10.2. The van der Waals surface area contributed by atoms with E-state index in [4.69, 9.17) is 9.84 Å². The Bertz CT molecular complexity index is 1080. The van der Waals surface area contributed by atoms with Crippen LogP contribution in [0.15, 0.2) is 71.8 Å². The molecule has 3 aromatic rings. The van der Waals surface area contributed by atoms with Gasteiger partial charge in [-0.05, 0) is 16.8 Å². The van der Waals surface area contributed by atoms with E-state index in [1.165, 1.54) is 27.6 Å². The Morgan fingerprint density at radius 1 is 0.929 bits per heavy atom. The number of hydrogen-bond donors (Lipinski definition) is 1. The van der Waals surface area contributed by atoms with Gasteiger partial charge in [0.15, 0.2) is 0 Å². The highest BCUT2D eigenvalue weighted by Crippen LogP contribution is 2.49. The highest BCUT2D eigenvalue weighted by atomic mass is 16.5. The van der Waals surface area contributed by atoms with Gasteiger partial charge in [-0.25, -0.2) is 5.01 Å². The van der Waals surface area contributed by atoms with Crippen LogP contribution in [0.25, 0.3) is 10.8 Å². The maximum atomic E-state index is 6.62. The maximum Gasteiger partial charge on any atom is 0.200 e. The van der Waals surface area contributed by atoms with Crippen LogP contribution in [0.4, 0.5) is 0 Å². The third-order valence-corrected chi connectivity index (χ3v) is 6.39. The van der Waals surface area contributed by atoms with Crippen molar-refractivity contribution in [3.8, 4) is 5.75 Å². The van der Waals surface area contributed by atoms with E-state index >= 15 is 0 Å². The second-order valence-corrected chi connectivity index (χ2v) is 7.97. The molecule has 0 aliphatic carbocycles. The van der Waals surface area contributed by atoms with E-state index < -0.39 is 0 Å². The highest BCUT2D eigenvalue weighted by molar-refractivity contribution is 6.11. The molecule has 140 valence electrons. The lowest BCUT2D eigenvalue weighted by Crippen LogP contribution is -2.58. The molecule has 28 heavy (non-hydrogen) atoms. The SMILES string of the molecule is c1ccc2c(c1)OC1(CCNCC1)N1N=C(c3cccc4ccccc34)CC21. The lowest BCUT2D eigenvalue weighted by Gasteiger charge is -2.49. The van der Waals surface area contributed by atoms with Gasteiger partial charge in [-0.3, -0.25) is 0 Å². The number of rotatable bonds is 1. The zero-order valence-electron chi connectivity index (χ0n) is 15.8. The van der Waals surface area contributed by atoms with Gasteiger partial charge < -0.3 is 10.1 Å². The number of benzene rings is 3. The fourth-order valence-electron chi connectivity index (χ4n) is 5.02. The van der Waals surface area contributed by atoms with E-state index in [-0.39, 0.29) is 11.8 Å². The molecule has 3 aliphatic heterocycles. The minimum absolute atomic E-state index is 0.247. The lowest BCUT2D eigenvalue weighted by atomic mass is 9.90. The molecule has 4 heteroatoms. The molecule has 1 unspecified atom stereocenters. The van der Waals surface area contributed by atoms with E-state index in [0.717, 1.165) is 38.1 Å². The average Bonchev–Trinajstić information content (AvgIpc) is 3.21. The Labute approximate surface area is 164 Å². The molecule has 3 aliphatic rings. The minimum Gasteiger partial charge on any atom is -0.466 e. The number of piperidine rings is 1. The van der Waals surface area contributed by atoms with Crippen molar-refractivity contribution >= 4 is 16.5 Å². The summed E-state index contributed by atoms with van der Waals surface area (Å²) < 4.78 is 6.62. The number of ether oxygens (including phenoxy) is 1. The van der Waals surface area contributed by atoms with Crippen LogP contribution >= 0.6 is 0 Å². The van der Waals surface area contributed by atoms with Gasteiger partial charge in [0.2, 0.25) is 5.72 Å². The predicted octanol–water partition coefficient (Wildman–Crippen LogP) is 4.46. The van der Waals surface area contributed by atoms with Crippen molar-refractivity contribution in [3.63, 3.8) is 0 Å². The number of para-hydroxylation sites is 1. The Kier molecular flexibility index (Phi) is 3.50. The molecule has 0 bridgehead atoms. The normalized spacial score (nSPS) is 22.5. The number of nitrogens with one attached hydrogen (secondary N) is 1. The van der Waals surface area contributed by atoms with Gasteiger partial charge in [-0.2, -0.15) is 5.10 Å². The summed E-state index contributed by atoms with van der Waals surface area (Å²) >= 11 is 0. The molecule has 3 heterocycles. The molecule has 1 spiro atoms. The first kappa shape index (κ1) is 16.1. The van der Waals surface area contributed by atoms with Gasteiger partial charge in [0.05, 0.1) is 11.8 Å². The van der Waals surface area contributed by atoms with Gasteiger partial charge in [0.1, 0.15) is 5.75 Å². The Morgan fingerprint density at radius 2 is 1.71 bits per heavy atom. The van der Waals surface area contributed by atoms with Crippen LogP contribution in [0.1, 0.15) is 36.4 Å². The summed E-state index contributed by atoms with van der Waals surface area (Å²) in [4.78, 5) is 0. The van der Waals surface area contributed by atoms with Gasteiger partial charge in [0, 0.05) is 43.5 Å². The number of nitrogens with zero attached hydrogens (tertiary/aromatic N) is 2. The van der Waals surface area contributed by atoms with E-state index in [1.54, 1.807) is 0 Å². The fourth-order valence-corrected chi connectivity index (χ4v) is 5.02. The van der Waals surface area contributed by atoms with Gasteiger partial charge in [-0.15, -0.1) is 0 Å². The summed E-state index contributed by atoms with van der Waals surface area (Å²) in [5, 5.41) is 13.5. The van der Waals surface area contributed by atoms with Crippen LogP contribution in [0.5, 0.6) is 5.75 Å². The Balaban J connectivity index is 1.50. The number of hydrazone groups is 1. The second-order valence-electron chi connectivity index (χ2n) is 7.97. The summed E-state index contributed by atoms with van der Waals surface area (Å²) in [5.41, 5.74) is 3.33. The molecule has 6 rings (SSSR count). The summed E-state index contributed by atoms with van der Waals surface area (Å²) in [6, 6.07) is 23.9. The molecule has 0 aromatic heterocycles. The zero-order chi connectivity index (χ0) is 18.6.